The van der Waals surface area contributed by atoms with E-state index in [1.54, 1.807) is 20.8 Å². The number of hydrogen-bond acceptors (Lipinski definition) is 6. The Morgan fingerprint density at radius 2 is 1.92 bits per heavy atom. The maximum Gasteiger partial charge on any atom is 0.359 e. The van der Waals surface area contributed by atoms with Gasteiger partial charge < -0.3 is 14.2 Å². The number of methoxy groups -OCH3 is 1. The second-order valence-electron chi connectivity index (χ2n) is 6.72. The average Bonchev–Trinajstić information content (AvgIpc) is 3.07. The van der Waals surface area contributed by atoms with Crippen molar-refractivity contribution in [3.05, 3.63) is 29.0 Å². The van der Waals surface area contributed by atoms with Crippen LogP contribution >= 0.6 is 0 Å². The minimum Gasteiger partial charge on any atom is -0.464 e. The van der Waals surface area contributed by atoms with E-state index >= 15 is 0 Å². The molecule has 0 N–H and O–H groups in total. The second-order valence-corrected chi connectivity index (χ2v) is 6.72. The summed E-state index contributed by atoms with van der Waals surface area (Å²) in [6.07, 6.45) is 0. The summed E-state index contributed by atoms with van der Waals surface area (Å²) in [5, 5.41) is 4.92. The van der Waals surface area contributed by atoms with Gasteiger partial charge in [0.2, 0.25) is 0 Å². The Morgan fingerprint density at radius 1 is 1.25 bits per heavy atom. The predicted molar refractivity (Wildman–Crippen MR) is 85.4 cm³/mol. The van der Waals surface area contributed by atoms with Gasteiger partial charge in [0.25, 0.3) is 0 Å². The molecule has 0 spiro atoms. The van der Waals surface area contributed by atoms with E-state index < -0.39 is 17.5 Å². The summed E-state index contributed by atoms with van der Waals surface area (Å²) in [6, 6.07) is 3.78. The summed E-state index contributed by atoms with van der Waals surface area (Å²) in [4.78, 5) is 24.1. The van der Waals surface area contributed by atoms with Gasteiger partial charge in [-0.15, -0.1) is 0 Å². The van der Waals surface area contributed by atoms with Gasteiger partial charge in [0, 0.05) is 5.39 Å². The van der Waals surface area contributed by atoms with Crippen LogP contribution in [0.15, 0.2) is 12.1 Å². The molecule has 0 atom stereocenters. The number of rotatable bonds is 3. The van der Waals surface area contributed by atoms with Gasteiger partial charge in [-0.25, -0.2) is 4.79 Å². The van der Waals surface area contributed by atoms with Crippen LogP contribution in [0.2, 0.25) is 0 Å². The van der Waals surface area contributed by atoms with Crippen molar-refractivity contribution < 1.29 is 23.8 Å². The van der Waals surface area contributed by atoms with Crippen molar-refractivity contribution in [2.45, 2.75) is 46.1 Å². The highest BCUT2D eigenvalue weighted by Crippen LogP contribution is 2.28. The normalized spacial score (nSPS) is 13.8. The van der Waals surface area contributed by atoms with Gasteiger partial charge in [0.05, 0.1) is 25.8 Å². The van der Waals surface area contributed by atoms with Gasteiger partial charge in [-0.3, -0.25) is 9.48 Å². The van der Waals surface area contributed by atoms with Crippen LogP contribution in [0.3, 0.4) is 0 Å². The Balaban J connectivity index is 2.04. The van der Waals surface area contributed by atoms with Crippen LogP contribution in [0.5, 0.6) is 0 Å². The predicted octanol–water partition coefficient (Wildman–Crippen LogP) is 2.19. The Hall–Kier alpha value is -2.41. The lowest BCUT2D eigenvalue weighted by Gasteiger charge is -2.19. The molecule has 0 saturated heterocycles. The minimum absolute atomic E-state index is 0.0790. The lowest BCUT2D eigenvalue weighted by molar-refractivity contribution is -0.155. The van der Waals surface area contributed by atoms with E-state index in [0.29, 0.717) is 24.1 Å². The third-order valence-electron chi connectivity index (χ3n) is 3.66. The maximum absolute atomic E-state index is 12.1. The van der Waals surface area contributed by atoms with Gasteiger partial charge in [0.15, 0.2) is 5.69 Å². The first-order valence-electron chi connectivity index (χ1n) is 7.69. The molecule has 1 aliphatic rings. The molecule has 2 aromatic rings. The second kappa shape index (κ2) is 5.90. The molecule has 1 aliphatic heterocycles. The van der Waals surface area contributed by atoms with E-state index in [2.05, 4.69) is 5.10 Å². The third kappa shape index (κ3) is 3.12. The molecule has 3 rings (SSSR count). The summed E-state index contributed by atoms with van der Waals surface area (Å²) < 4.78 is 17.1. The molecule has 0 bridgehead atoms. The number of carbonyl (C=O) groups is 2. The zero-order valence-electron chi connectivity index (χ0n) is 14.2. The molecule has 0 fully saturated rings. The quantitative estimate of drug-likeness (QED) is 0.802. The molecule has 0 saturated carbocycles. The largest absolute Gasteiger partial charge is 0.464 e. The third-order valence-corrected chi connectivity index (χ3v) is 3.66. The number of ether oxygens (including phenoxy) is 3. The number of aromatic nitrogens is 2. The van der Waals surface area contributed by atoms with Crippen molar-refractivity contribution in [3.63, 3.8) is 0 Å². The summed E-state index contributed by atoms with van der Waals surface area (Å²) in [5.74, 6) is -0.957. The first-order chi connectivity index (χ1) is 11.3. The topological polar surface area (TPSA) is 79.7 Å². The van der Waals surface area contributed by atoms with Crippen LogP contribution in [0.25, 0.3) is 10.9 Å². The van der Waals surface area contributed by atoms with Crippen LogP contribution in [0, 0.1) is 0 Å². The number of fused-ring (bicyclic) bond motifs is 2. The Kier molecular flexibility index (Phi) is 4.04. The van der Waals surface area contributed by atoms with Gasteiger partial charge in [0.1, 0.15) is 12.1 Å². The van der Waals surface area contributed by atoms with E-state index in [-0.39, 0.29) is 12.2 Å². The van der Waals surface area contributed by atoms with Crippen LogP contribution in [0.4, 0.5) is 0 Å². The number of esters is 2. The lowest BCUT2D eigenvalue weighted by Crippen LogP contribution is -2.26. The highest BCUT2D eigenvalue weighted by molar-refractivity contribution is 6.02. The molecule has 7 nitrogen and oxygen atoms in total. The van der Waals surface area contributed by atoms with E-state index in [4.69, 9.17) is 14.2 Å². The highest BCUT2D eigenvalue weighted by Gasteiger charge is 2.24. The van der Waals surface area contributed by atoms with E-state index in [0.717, 1.165) is 11.1 Å². The first-order valence-corrected chi connectivity index (χ1v) is 7.69. The zero-order chi connectivity index (χ0) is 17.5. The molecule has 7 heteroatoms. The lowest BCUT2D eigenvalue weighted by atomic mass is 10.1. The Bertz CT molecular complexity index is 816. The molecule has 2 heterocycles. The van der Waals surface area contributed by atoms with Crippen LogP contribution < -0.4 is 0 Å². The summed E-state index contributed by atoms with van der Waals surface area (Å²) in [7, 11) is 1.30. The fourth-order valence-electron chi connectivity index (χ4n) is 2.71. The number of benzene rings is 1. The van der Waals surface area contributed by atoms with Gasteiger partial charge in [-0.2, -0.15) is 5.10 Å². The molecule has 0 unspecified atom stereocenters. The minimum atomic E-state index is -0.583. The van der Waals surface area contributed by atoms with Crippen molar-refractivity contribution in [1.29, 1.82) is 0 Å². The van der Waals surface area contributed by atoms with Crippen LogP contribution in [0.1, 0.15) is 42.4 Å². The Labute approximate surface area is 139 Å². The molecule has 1 aromatic carbocycles. The monoisotopic (exact) mass is 332 g/mol. The molecule has 24 heavy (non-hydrogen) atoms. The average molecular weight is 332 g/mol. The van der Waals surface area contributed by atoms with Crippen molar-refractivity contribution in [2.24, 2.45) is 0 Å². The summed E-state index contributed by atoms with van der Waals surface area (Å²) >= 11 is 0. The molecule has 0 aliphatic carbocycles. The van der Waals surface area contributed by atoms with E-state index in [1.807, 2.05) is 12.1 Å². The summed E-state index contributed by atoms with van der Waals surface area (Å²) in [6.45, 7) is 6.34. The summed E-state index contributed by atoms with van der Waals surface area (Å²) in [5.41, 5.74) is 2.34. The first kappa shape index (κ1) is 16.4. The fraction of sp³-hybridized carbons (Fsp3) is 0.471. The maximum atomic E-state index is 12.1. The molecule has 128 valence electrons. The SMILES string of the molecule is COC(=O)c1nn(CC(=O)OC(C)(C)C)c2cc3c(cc12)COC3. The van der Waals surface area contributed by atoms with Crippen molar-refractivity contribution in [1.82, 2.24) is 9.78 Å². The highest BCUT2D eigenvalue weighted by atomic mass is 16.6. The number of carbonyl (C=O) groups excluding carboxylic acids is 2. The fourth-order valence-corrected chi connectivity index (χ4v) is 2.71. The van der Waals surface area contributed by atoms with Crippen molar-refractivity contribution >= 4 is 22.8 Å². The van der Waals surface area contributed by atoms with E-state index in [1.165, 1.54) is 11.8 Å². The molecular formula is C17H20N2O5. The molecular weight excluding hydrogens is 312 g/mol. The van der Waals surface area contributed by atoms with Crippen LogP contribution in [-0.4, -0.2) is 34.4 Å². The van der Waals surface area contributed by atoms with E-state index in [9.17, 15) is 9.59 Å². The number of nitrogens with zero attached hydrogens (tertiary/aromatic N) is 2. The van der Waals surface area contributed by atoms with Crippen LogP contribution in [-0.2, 0) is 38.8 Å². The van der Waals surface area contributed by atoms with Crippen molar-refractivity contribution in [3.8, 4) is 0 Å². The Morgan fingerprint density at radius 3 is 2.54 bits per heavy atom. The number of hydrogen-bond donors (Lipinski definition) is 0. The van der Waals surface area contributed by atoms with Crippen molar-refractivity contribution in [2.75, 3.05) is 7.11 Å². The molecule has 0 amide bonds. The molecule has 1 aromatic heterocycles. The zero-order valence-corrected chi connectivity index (χ0v) is 14.2. The van der Waals surface area contributed by atoms with Gasteiger partial charge in [-0.1, -0.05) is 0 Å². The van der Waals surface area contributed by atoms with Gasteiger partial charge in [-0.05, 0) is 44.0 Å². The van der Waals surface area contributed by atoms with Gasteiger partial charge >= 0.3 is 11.9 Å². The smallest absolute Gasteiger partial charge is 0.359 e. The standard InChI is InChI=1S/C17H20N2O5/c1-17(2,3)24-14(20)7-19-13-6-11-9-23-8-10(11)5-12(13)15(18-19)16(21)22-4/h5-6H,7-9H2,1-4H3. The molecule has 0 radical (unpaired) electrons.